The number of aromatic nitrogens is 1. The van der Waals surface area contributed by atoms with Gasteiger partial charge >= 0.3 is 0 Å². The van der Waals surface area contributed by atoms with E-state index in [1.807, 2.05) is 6.92 Å². The van der Waals surface area contributed by atoms with Gasteiger partial charge in [0.25, 0.3) is 0 Å². The minimum Gasteiger partial charge on any atom is -0.493 e. The zero-order valence-corrected chi connectivity index (χ0v) is 8.95. The van der Waals surface area contributed by atoms with Crippen molar-refractivity contribution in [3.63, 3.8) is 0 Å². The molecule has 0 unspecified atom stereocenters. The molecule has 16 heavy (non-hydrogen) atoms. The van der Waals surface area contributed by atoms with Crippen molar-refractivity contribution in [3.05, 3.63) is 29.6 Å². The van der Waals surface area contributed by atoms with Crippen molar-refractivity contribution in [1.29, 1.82) is 0 Å². The van der Waals surface area contributed by atoms with E-state index in [2.05, 4.69) is 5.16 Å². The van der Waals surface area contributed by atoms with Crippen LogP contribution in [0.4, 0.5) is 10.2 Å². The van der Waals surface area contributed by atoms with Crippen LogP contribution in [0.25, 0.3) is 11.3 Å². The molecule has 2 rings (SSSR count). The molecule has 84 valence electrons. The van der Waals surface area contributed by atoms with E-state index in [1.165, 1.54) is 19.2 Å². The summed E-state index contributed by atoms with van der Waals surface area (Å²) < 4.78 is 23.5. The second-order valence-electron chi connectivity index (χ2n) is 3.39. The molecule has 1 aromatic heterocycles. The molecule has 0 aliphatic carbocycles. The number of anilines is 1. The van der Waals surface area contributed by atoms with Crippen LogP contribution in [0.15, 0.2) is 22.7 Å². The molecule has 0 saturated heterocycles. The number of rotatable bonds is 2. The first-order chi connectivity index (χ1) is 7.63. The average Bonchev–Trinajstić information content (AvgIpc) is 2.67. The molecule has 0 fully saturated rings. The molecule has 0 aliphatic rings. The number of hydrogen-bond donors (Lipinski definition) is 1. The maximum absolute atomic E-state index is 13.5. The fourth-order valence-electron chi connectivity index (χ4n) is 1.57. The van der Waals surface area contributed by atoms with Crippen LogP contribution in [0.5, 0.6) is 5.75 Å². The molecule has 2 aromatic rings. The summed E-state index contributed by atoms with van der Waals surface area (Å²) in [5.74, 6) is 0.335. The first-order valence-electron chi connectivity index (χ1n) is 4.69. The van der Waals surface area contributed by atoms with E-state index in [-0.39, 0.29) is 11.6 Å². The van der Waals surface area contributed by atoms with Gasteiger partial charge in [-0.25, -0.2) is 4.39 Å². The largest absolute Gasteiger partial charge is 0.493 e. The summed E-state index contributed by atoms with van der Waals surface area (Å²) in [5, 5.41) is 3.56. The van der Waals surface area contributed by atoms with Crippen molar-refractivity contribution in [2.45, 2.75) is 6.92 Å². The Labute approximate surface area is 91.8 Å². The zero-order chi connectivity index (χ0) is 11.7. The minimum atomic E-state index is -0.446. The van der Waals surface area contributed by atoms with Gasteiger partial charge in [0.15, 0.2) is 23.1 Å². The van der Waals surface area contributed by atoms with Gasteiger partial charge in [0.2, 0.25) is 0 Å². The normalized spacial score (nSPS) is 10.4. The van der Waals surface area contributed by atoms with Crippen LogP contribution in [-0.4, -0.2) is 12.3 Å². The van der Waals surface area contributed by atoms with E-state index in [1.54, 1.807) is 6.07 Å². The topological polar surface area (TPSA) is 61.3 Å². The third-order valence-corrected chi connectivity index (χ3v) is 2.30. The molecule has 0 bridgehead atoms. The van der Waals surface area contributed by atoms with E-state index in [9.17, 15) is 4.39 Å². The van der Waals surface area contributed by atoms with E-state index in [0.29, 0.717) is 11.3 Å². The molecule has 0 spiro atoms. The van der Waals surface area contributed by atoms with Gasteiger partial charge in [-0.1, -0.05) is 11.2 Å². The van der Waals surface area contributed by atoms with Gasteiger partial charge in [0.05, 0.1) is 12.7 Å². The highest BCUT2D eigenvalue weighted by molar-refractivity contribution is 5.71. The lowest BCUT2D eigenvalue weighted by molar-refractivity contribution is 0.382. The molecule has 0 saturated carbocycles. The summed E-state index contributed by atoms with van der Waals surface area (Å²) in [6, 6.07) is 4.52. The lowest BCUT2D eigenvalue weighted by Gasteiger charge is -2.09. The van der Waals surface area contributed by atoms with Crippen LogP contribution in [-0.2, 0) is 0 Å². The standard InChI is InChI=1S/C11H11FN2O2/c1-6-3-4-7(12)11(15-2)10(6)8-5-9(13)14-16-8/h3-5H,1-2H3,(H2,13,14). The fourth-order valence-corrected chi connectivity index (χ4v) is 1.57. The van der Waals surface area contributed by atoms with Gasteiger partial charge in [-0.05, 0) is 18.6 Å². The van der Waals surface area contributed by atoms with Crippen molar-refractivity contribution >= 4 is 5.82 Å². The molecule has 0 amide bonds. The molecule has 5 heteroatoms. The van der Waals surface area contributed by atoms with Crippen LogP contribution in [0.3, 0.4) is 0 Å². The Kier molecular flexibility index (Phi) is 2.52. The summed E-state index contributed by atoms with van der Waals surface area (Å²) in [5.41, 5.74) is 6.82. The number of ether oxygens (including phenoxy) is 1. The summed E-state index contributed by atoms with van der Waals surface area (Å²) in [7, 11) is 1.40. The van der Waals surface area contributed by atoms with E-state index >= 15 is 0 Å². The van der Waals surface area contributed by atoms with Crippen LogP contribution >= 0.6 is 0 Å². The lowest BCUT2D eigenvalue weighted by atomic mass is 10.0. The van der Waals surface area contributed by atoms with Crippen molar-refractivity contribution < 1.29 is 13.7 Å². The predicted octanol–water partition coefficient (Wildman–Crippen LogP) is 2.38. The summed E-state index contributed by atoms with van der Waals surface area (Å²) in [6.07, 6.45) is 0. The second kappa shape index (κ2) is 3.84. The van der Waals surface area contributed by atoms with Crippen LogP contribution in [0.1, 0.15) is 5.56 Å². The van der Waals surface area contributed by atoms with Crippen LogP contribution < -0.4 is 10.5 Å². The SMILES string of the molecule is COc1c(F)ccc(C)c1-c1cc(N)no1. The van der Waals surface area contributed by atoms with Gasteiger partial charge in [0, 0.05) is 6.07 Å². The summed E-state index contributed by atoms with van der Waals surface area (Å²) >= 11 is 0. The first-order valence-corrected chi connectivity index (χ1v) is 4.69. The Morgan fingerprint density at radius 3 is 2.75 bits per heavy atom. The number of aryl methyl sites for hydroxylation is 1. The van der Waals surface area contributed by atoms with E-state index in [4.69, 9.17) is 15.0 Å². The Morgan fingerprint density at radius 2 is 2.19 bits per heavy atom. The van der Waals surface area contributed by atoms with Crippen LogP contribution in [0, 0.1) is 12.7 Å². The molecule has 4 nitrogen and oxygen atoms in total. The highest BCUT2D eigenvalue weighted by Gasteiger charge is 2.17. The minimum absolute atomic E-state index is 0.135. The smallest absolute Gasteiger partial charge is 0.173 e. The van der Waals surface area contributed by atoms with E-state index < -0.39 is 5.82 Å². The maximum Gasteiger partial charge on any atom is 0.173 e. The Morgan fingerprint density at radius 1 is 1.44 bits per heavy atom. The molecular weight excluding hydrogens is 211 g/mol. The van der Waals surface area contributed by atoms with Gasteiger partial charge < -0.3 is 15.0 Å². The molecule has 1 aromatic carbocycles. The lowest BCUT2D eigenvalue weighted by Crippen LogP contribution is -1.94. The number of benzene rings is 1. The third-order valence-electron chi connectivity index (χ3n) is 2.30. The number of nitrogens with zero attached hydrogens (tertiary/aromatic N) is 1. The Hall–Kier alpha value is -2.04. The monoisotopic (exact) mass is 222 g/mol. The number of halogens is 1. The Bertz CT molecular complexity index is 523. The van der Waals surface area contributed by atoms with E-state index in [0.717, 1.165) is 5.56 Å². The second-order valence-corrected chi connectivity index (χ2v) is 3.39. The quantitative estimate of drug-likeness (QED) is 0.847. The summed E-state index contributed by atoms with van der Waals surface area (Å²) in [4.78, 5) is 0. The molecule has 2 N–H and O–H groups in total. The highest BCUT2D eigenvalue weighted by Crippen LogP contribution is 2.35. The molecule has 0 atom stereocenters. The fraction of sp³-hybridized carbons (Fsp3) is 0.182. The number of methoxy groups -OCH3 is 1. The number of nitrogens with two attached hydrogens (primary N) is 1. The van der Waals surface area contributed by atoms with Gasteiger partial charge in [0.1, 0.15) is 0 Å². The number of nitrogen functional groups attached to an aromatic ring is 1. The molecule has 0 aliphatic heterocycles. The van der Waals surface area contributed by atoms with Crippen molar-refractivity contribution in [2.75, 3.05) is 12.8 Å². The molecular formula is C11H11FN2O2. The average molecular weight is 222 g/mol. The molecule has 1 heterocycles. The highest BCUT2D eigenvalue weighted by atomic mass is 19.1. The third kappa shape index (κ3) is 1.60. The van der Waals surface area contributed by atoms with Gasteiger partial charge in [-0.15, -0.1) is 0 Å². The predicted molar refractivity (Wildman–Crippen MR) is 57.6 cm³/mol. The molecule has 0 radical (unpaired) electrons. The van der Waals surface area contributed by atoms with Crippen molar-refractivity contribution in [3.8, 4) is 17.1 Å². The summed E-state index contributed by atoms with van der Waals surface area (Å²) in [6.45, 7) is 1.83. The van der Waals surface area contributed by atoms with Crippen molar-refractivity contribution in [2.24, 2.45) is 0 Å². The zero-order valence-electron chi connectivity index (χ0n) is 8.95. The first kappa shape index (κ1) is 10.5. The maximum atomic E-state index is 13.5. The van der Waals surface area contributed by atoms with Gasteiger partial charge in [-0.3, -0.25) is 0 Å². The van der Waals surface area contributed by atoms with Gasteiger partial charge in [-0.2, -0.15) is 0 Å². The Balaban J connectivity index is 2.67. The number of hydrogen-bond acceptors (Lipinski definition) is 4. The van der Waals surface area contributed by atoms with Crippen LogP contribution in [0.2, 0.25) is 0 Å². The van der Waals surface area contributed by atoms with Crippen molar-refractivity contribution in [1.82, 2.24) is 5.16 Å².